The maximum absolute atomic E-state index is 13.7. The minimum absolute atomic E-state index is 0.0458. The molecule has 1 unspecified atom stereocenters. The van der Waals surface area contributed by atoms with Gasteiger partial charge in [0.05, 0.1) is 56.2 Å². The Morgan fingerprint density at radius 3 is 2.28 bits per heavy atom. The van der Waals surface area contributed by atoms with Gasteiger partial charge in [-0.3, -0.25) is 43.2 Å². The van der Waals surface area contributed by atoms with Gasteiger partial charge >= 0.3 is 5.69 Å². The van der Waals surface area contributed by atoms with Gasteiger partial charge in [0.15, 0.2) is 0 Å². The van der Waals surface area contributed by atoms with Crippen molar-refractivity contribution in [3.63, 3.8) is 0 Å². The predicted octanol–water partition coefficient (Wildman–Crippen LogP) is 3.38. The summed E-state index contributed by atoms with van der Waals surface area (Å²) in [4.78, 5) is 90.0. The molecule has 3 aliphatic rings. The van der Waals surface area contributed by atoms with Crippen molar-refractivity contribution < 1.29 is 47.7 Å². The van der Waals surface area contributed by atoms with Gasteiger partial charge in [-0.25, -0.2) is 4.79 Å². The number of unbranched alkanes of at least 4 members (excludes halogenated alkanes) is 1. The number of hydrogen-bond acceptors (Lipinski definition) is 11. The lowest BCUT2D eigenvalue weighted by atomic mass is 10.0. The van der Waals surface area contributed by atoms with Crippen molar-refractivity contribution in [2.45, 2.75) is 129 Å². The van der Waals surface area contributed by atoms with Crippen LogP contribution in [0, 0.1) is 17.8 Å². The van der Waals surface area contributed by atoms with E-state index in [0.29, 0.717) is 70.4 Å². The molecule has 18 nitrogen and oxygen atoms in total. The SMILES string of the molecule is CCCC[C@H](C)C(=O)N1C[C@H]2C[C@H]2[C@H]1C(=O)N[C@@H](CCC(N)=O)[C@@H](C)OCc1ccc(CCCNC(=O)COCCOCCOCCCc2ccc3c(c2)n(C)c(=O)n3C2CCC(=O)NC2=O)cc1. The van der Waals surface area contributed by atoms with Crippen molar-refractivity contribution in [2.24, 2.45) is 30.5 Å². The first-order chi connectivity index (χ1) is 33.2. The van der Waals surface area contributed by atoms with E-state index in [1.54, 1.807) is 11.9 Å². The molecule has 0 spiro atoms. The van der Waals surface area contributed by atoms with Gasteiger partial charge in [0.2, 0.25) is 35.4 Å². The fourth-order valence-corrected chi connectivity index (χ4v) is 9.43. The molecule has 3 aromatic rings. The Morgan fingerprint density at radius 2 is 1.55 bits per heavy atom. The van der Waals surface area contributed by atoms with Crippen molar-refractivity contribution >= 4 is 46.5 Å². The second-order valence-corrected chi connectivity index (χ2v) is 18.9. The van der Waals surface area contributed by atoms with E-state index in [1.165, 1.54) is 9.13 Å². The monoisotopic (exact) mass is 960 g/mol. The molecular weight excluding hydrogens is 887 g/mol. The number of nitrogens with one attached hydrogen (secondary N) is 3. The molecule has 2 saturated heterocycles. The second kappa shape index (κ2) is 26.0. The normalized spacial score (nSPS) is 20.0. The van der Waals surface area contributed by atoms with Crippen molar-refractivity contribution in [2.75, 3.05) is 52.7 Å². The van der Waals surface area contributed by atoms with Crippen LogP contribution in [0.2, 0.25) is 0 Å². The minimum atomic E-state index is -0.713. The molecule has 6 rings (SSSR count). The molecule has 378 valence electrons. The third-order valence-electron chi connectivity index (χ3n) is 13.6. The number of carbonyl (C=O) groups excluding carboxylic acids is 6. The van der Waals surface area contributed by atoms with Crippen LogP contribution in [0.5, 0.6) is 0 Å². The average molecular weight is 960 g/mol. The molecule has 1 aliphatic carbocycles. The van der Waals surface area contributed by atoms with Crippen LogP contribution in [-0.2, 0) is 74.2 Å². The first kappa shape index (κ1) is 52.9. The first-order valence-electron chi connectivity index (χ1n) is 24.9. The summed E-state index contributed by atoms with van der Waals surface area (Å²) in [5.74, 6) is -1.13. The number of primary amides is 1. The minimum Gasteiger partial charge on any atom is -0.379 e. The van der Waals surface area contributed by atoms with Gasteiger partial charge in [0.25, 0.3) is 0 Å². The Balaban J connectivity index is 0.789. The number of imide groups is 1. The van der Waals surface area contributed by atoms with Crippen LogP contribution in [0.4, 0.5) is 0 Å². The van der Waals surface area contributed by atoms with Crippen LogP contribution in [0.25, 0.3) is 11.0 Å². The molecule has 1 saturated carbocycles. The molecule has 2 aliphatic heterocycles. The number of imidazole rings is 1. The number of hydrogen-bond donors (Lipinski definition) is 4. The van der Waals surface area contributed by atoms with E-state index >= 15 is 0 Å². The smallest absolute Gasteiger partial charge is 0.329 e. The summed E-state index contributed by atoms with van der Waals surface area (Å²) in [5.41, 5.74) is 9.71. The number of nitrogens with zero attached hydrogens (tertiary/aromatic N) is 3. The maximum atomic E-state index is 13.7. The topological polar surface area (TPSA) is 232 Å². The Labute approximate surface area is 404 Å². The summed E-state index contributed by atoms with van der Waals surface area (Å²) in [5, 5.41) is 8.36. The second-order valence-electron chi connectivity index (χ2n) is 18.9. The highest BCUT2D eigenvalue weighted by Crippen LogP contribution is 2.50. The molecule has 6 amide bonds. The first-order valence-corrected chi connectivity index (χ1v) is 24.9. The van der Waals surface area contributed by atoms with Gasteiger partial charge in [-0.1, -0.05) is 57.0 Å². The van der Waals surface area contributed by atoms with E-state index in [0.717, 1.165) is 73.6 Å². The molecule has 3 heterocycles. The fourth-order valence-electron chi connectivity index (χ4n) is 9.43. The Morgan fingerprint density at radius 1 is 0.855 bits per heavy atom. The zero-order chi connectivity index (χ0) is 49.5. The van der Waals surface area contributed by atoms with E-state index < -0.39 is 36.0 Å². The summed E-state index contributed by atoms with van der Waals surface area (Å²) in [6.45, 7) is 9.29. The number of likely N-dealkylation sites (tertiary alicyclic amines) is 1. The number of piperidine rings is 2. The Bertz CT molecular complexity index is 2290. The third-order valence-corrected chi connectivity index (χ3v) is 13.6. The summed E-state index contributed by atoms with van der Waals surface area (Å²) in [6.07, 6.45) is 7.31. The predicted molar refractivity (Wildman–Crippen MR) is 258 cm³/mol. The van der Waals surface area contributed by atoms with E-state index in [1.807, 2.05) is 56.3 Å². The molecule has 2 aromatic carbocycles. The number of benzene rings is 2. The van der Waals surface area contributed by atoms with Gasteiger partial charge in [-0.05, 0) is 98.9 Å². The molecule has 3 fully saturated rings. The molecule has 1 aromatic heterocycles. The molecule has 5 N–H and O–H groups in total. The molecule has 7 atom stereocenters. The van der Waals surface area contributed by atoms with Gasteiger partial charge in [-0.2, -0.15) is 0 Å². The Hall–Kier alpha value is -5.43. The Kier molecular flexibility index (Phi) is 19.9. The van der Waals surface area contributed by atoms with Gasteiger partial charge in [0.1, 0.15) is 18.7 Å². The van der Waals surface area contributed by atoms with Crippen molar-refractivity contribution in [1.29, 1.82) is 0 Å². The van der Waals surface area contributed by atoms with Crippen LogP contribution in [0.3, 0.4) is 0 Å². The van der Waals surface area contributed by atoms with Crippen LogP contribution in [-0.4, -0.2) is 120 Å². The molecular formula is C51H73N7O11. The largest absolute Gasteiger partial charge is 0.379 e. The summed E-state index contributed by atoms with van der Waals surface area (Å²) >= 11 is 0. The standard InChI is InChI=1S/C51H73N7O11/c1-5-6-9-33(2)50(64)57-30-38-29-39(38)47(57)49(63)54-40(17-20-44(52)59)34(3)69-31-37-14-12-35(13-15-37)10-7-22-53-46(61)32-68-27-26-67-25-24-66-23-8-11-36-16-18-41-43(28-36)56(4)51(65)58(41)42-19-21-45(60)55-48(42)62/h12-16,18,28,33-34,38-40,42,47H,5-11,17,19-27,29-32H2,1-4H3,(H2,52,59)(H,53,61)(H,54,63)(H,55,60,62)/t33-,34+,38+,39+,40-,42?,47-/m0/s1. The van der Waals surface area contributed by atoms with Gasteiger partial charge in [0, 0.05) is 45.5 Å². The summed E-state index contributed by atoms with van der Waals surface area (Å²) in [6, 6.07) is 12.2. The molecule has 0 bridgehead atoms. The highest BCUT2D eigenvalue weighted by Gasteiger charge is 2.57. The lowest BCUT2D eigenvalue weighted by Gasteiger charge is -2.32. The van der Waals surface area contributed by atoms with Crippen LogP contribution >= 0.6 is 0 Å². The van der Waals surface area contributed by atoms with Crippen LogP contribution in [0.15, 0.2) is 47.3 Å². The lowest BCUT2D eigenvalue weighted by molar-refractivity contribution is -0.143. The van der Waals surface area contributed by atoms with Crippen molar-refractivity contribution in [1.82, 2.24) is 30.0 Å². The highest BCUT2D eigenvalue weighted by molar-refractivity contribution is 6.00. The summed E-state index contributed by atoms with van der Waals surface area (Å²) < 4.78 is 26.0. The lowest BCUT2D eigenvalue weighted by Crippen LogP contribution is -2.54. The van der Waals surface area contributed by atoms with E-state index in [9.17, 15) is 33.6 Å². The van der Waals surface area contributed by atoms with Gasteiger partial charge in [-0.15, -0.1) is 0 Å². The number of ether oxygens (including phenoxy) is 4. The fraction of sp³-hybridized carbons (Fsp3) is 0.627. The van der Waals surface area contributed by atoms with Crippen molar-refractivity contribution in [3.8, 4) is 0 Å². The third kappa shape index (κ3) is 15.0. The van der Waals surface area contributed by atoms with Crippen molar-refractivity contribution in [3.05, 3.63) is 69.6 Å². The molecule has 69 heavy (non-hydrogen) atoms. The van der Waals surface area contributed by atoms with Gasteiger partial charge < -0.3 is 40.2 Å². The van der Waals surface area contributed by atoms with Crippen LogP contribution < -0.4 is 27.4 Å². The number of amides is 6. The quantitative estimate of drug-likeness (QED) is 0.0559. The number of aromatic nitrogens is 2. The number of fused-ring (bicyclic) bond motifs is 2. The highest BCUT2D eigenvalue weighted by atomic mass is 16.5. The summed E-state index contributed by atoms with van der Waals surface area (Å²) in [7, 11) is 1.68. The molecule has 0 radical (unpaired) electrons. The molecule has 18 heteroatoms. The zero-order valence-electron chi connectivity index (χ0n) is 40.8. The number of aryl methyl sites for hydroxylation is 3. The number of nitrogens with two attached hydrogens (primary N) is 1. The zero-order valence-corrected chi connectivity index (χ0v) is 40.8. The average Bonchev–Trinajstić information content (AvgIpc) is 3.92. The van der Waals surface area contributed by atoms with E-state index in [2.05, 4.69) is 22.9 Å². The number of carbonyl (C=O) groups is 6. The van der Waals surface area contributed by atoms with E-state index in [-0.39, 0.29) is 67.2 Å². The van der Waals surface area contributed by atoms with E-state index in [4.69, 9.17) is 24.7 Å². The number of rotatable bonds is 30. The maximum Gasteiger partial charge on any atom is 0.329 e. The van der Waals surface area contributed by atoms with Crippen LogP contribution in [0.1, 0.15) is 108 Å².